The van der Waals surface area contributed by atoms with E-state index >= 15 is 0 Å². The number of imidazole rings is 1. The lowest BCUT2D eigenvalue weighted by Crippen LogP contribution is -2.22. The van der Waals surface area contributed by atoms with Crippen molar-refractivity contribution in [2.75, 3.05) is 6.61 Å². The molecule has 2 aromatic rings. The maximum Gasteiger partial charge on any atom is 0.123 e. The summed E-state index contributed by atoms with van der Waals surface area (Å²) in [4.78, 5) is 8.02. The van der Waals surface area contributed by atoms with Crippen LogP contribution in [0.4, 0.5) is 0 Å². The van der Waals surface area contributed by atoms with Crippen molar-refractivity contribution in [2.45, 2.75) is 38.8 Å². The van der Waals surface area contributed by atoms with E-state index < -0.39 is 0 Å². The average Bonchev–Trinajstić information content (AvgIpc) is 2.93. The zero-order chi connectivity index (χ0) is 13.9. The SMILES string of the molecule is CC(C)NCc1cnc(C2CCOc3ccccc32)[nH]1. The summed E-state index contributed by atoms with van der Waals surface area (Å²) < 4.78 is 5.71. The Morgan fingerprint density at radius 3 is 3.10 bits per heavy atom. The fourth-order valence-electron chi connectivity index (χ4n) is 2.58. The van der Waals surface area contributed by atoms with Gasteiger partial charge in [-0.1, -0.05) is 32.0 Å². The minimum absolute atomic E-state index is 0.313. The van der Waals surface area contributed by atoms with Crippen LogP contribution in [-0.2, 0) is 6.54 Å². The third-order valence-electron chi connectivity index (χ3n) is 3.64. The van der Waals surface area contributed by atoms with E-state index in [-0.39, 0.29) is 0 Å². The van der Waals surface area contributed by atoms with Crippen LogP contribution in [0.3, 0.4) is 0 Å². The summed E-state index contributed by atoms with van der Waals surface area (Å²) in [5.41, 5.74) is 2.37. The molecular formula is C16H21N3O. The molecule has 2 N–H and O–H groups in total. The highest BCUT2D eigenvalue weighted by Crippen LogP contribution is 2.36. The number of aromatic nitrogens is 2. The van der Waals surface area contributed by atoms with Crippen molar-refractivity contribution in [1.82, 2.24) is 15.3 Å². The van der Waals surface area contributed by atoms with E-state index in [0.29, 0.717) is 12.0 Å². The smallest absolute Gasteiger partial charge is 0.123 e. The number of hydrogen-bond acceptors (Lipinski definition) is 3. The van der Waals surface area contributed by atoms with Crippen molar-refractivity contribution >= 4 is 0 Å². The third-order valence-corrected chi connectivity index (χ3v) is 3.64. The van der Waals surface area contributed by atoms with Crippen LogP contribution in [0.5, 0.6) is 5.75 Å². The summed E-state index contributed by atoms with van der Waals surface area (Å²) in [7, 11) is 0. The Balaban J connectivity index is 1.80. The second kappa shape index (κ2) is 5.67. The molecule has 4 heteroatoms. The van der Waals surface area contributed by atoms with Crippen molar-refractivity contribution in [2.24, 2.45) is 0 Å². The largest absolute Gasteiger partial charge is 0.493 e. The number of para-hydroxylation sites is 1. The summed E-state index contributed by atoms with van der Waals surface area (Å²) in [6.07, 6.45) is 2.91. The molecule has 1 aliphatic rings. The molecule has 0 spiro atoms. The quantitative estimate of drug-likeness (QED) is 0.899. The van der Waals surface area contributed by atoms with E-state index in [2.05, 4.69) is 41.3 Å². The second-order valence-corrected chi connectivity index (χ2v) is 5.56. The minimum Gasteiger partial charge on any atom is -0.493 e. The molecule has 4 nitrogen and oxygen atoms in total. The van der Waals surface area contributed by atoms with E-state index in [1.807, 2.05) is 18.3 Å². The molecule has 1 unspecified atom stereocenters. The Morgan fingerprint density at radius 2 is 2.25 bits per heavy atom. The lowest BCUT2D eigenvalue weighted by Gasteiger charge is -2.24. The van der Waals surface area contributed by atoms with Crippen molar-refractivity contribution in [3.63, 3.8) is 0 Å². The number of hydrogen-bond donors (Lipinski definition) is 2. The van der Waals surface area contributed by atoms with Gasteiger partial charge in [-0.3, -0.25) is 0 Å². The Labute approximate surface area is 119 Å². The molecule has 0 aliphatic carbocycles. The molecule has 1 atom stereocenters. The van der Waals surface area contributed by atoms with Crippen LogP contribution < -0.4 is 10.1 Å². The average molecular weight is 271 g/mol. The number of aromatic amines is 1. The molecule has 1 aromatic heterocycles. The molecule has 0 radical (unpaired) electrons. The fraction of sp³-hybridized carbons (Fsp3) is 0.438. The van der Waals surface area contributed by atoms with Crippen molar-refractivity contribution in [3.05, 3.63) is 47.5 Å². The molecule has 0 saturated heterocycles. The van der Waals surface area contributed by atoms with Gasteiger partial charge in [0.2, 0.25) is 0 Å². The van der Waals surface area contributed by atoms with E-state index in [0.717, 1.165) is 36.8 Å². The Kier molecular flexibility index (Phi) is 3.74. The zero-order valence-electron chi connectivity index (χ0n) is 12.0. The molecule has 0 amide bonds. The maximum atomic E-state index is 5.71. The first-order chi connectivity index (χ1) is 9.74. The second-order valence-electron chi connectivity index (χ2n) is 5.56. The lowest BCUT2D eigenvalue weighted by atomic mass is 9.92. The Morgan fingerprint density at radius 1 is 1.40 bits per heavy atom. The maximum absolute atomic E-state index is 5.71. The van der Waals surface area contributed by atoms with Crippen LogP contribution in [0, 0.1) is 0 Å². The van der Waals surface area contributed by atoms with Crippen LogP contribution in [-0.4, -0.2) is 22.6 Å². The van der Waals surface area contributed by atoms with Crippen LogP contribution in [0.15, 0.2) is 30.5 Å². The third kappa shape index (κ3) is 2.70. The predicted molar refractivity (Wildman–Crippen MR) is 79.0 cm³/mol. The standard InChI is InChI=1S/C16H21N3O/c1-11(2)17-9-12-10-18-16(19-12)14-7-8-20-15-6-4-3-5-13(14)15/h3-6,10-11,14,17H,7-9H2,1-2H3,(H,18,19). The first-order valence-corrected chi connectivity index (χ1v) is 7.23. The van der Waals surface area contributed by atoms with E-state index in [9.17, 15) is 0 Å². The molecular weight excluding hydrogens is 250 g/mol. The monoisotopic (exact) mass is 271 g/mol. The van der Waals surface area contributed by atoms with Gasteiger partial charge in [-0.05, 0) is 12.5 Å². The number of ether oxygens (including phenoxy) is 1. The molecule has 2 heterocycles. The summed E-state index contributed by atoms with van der Waals surface area (Å²) in [5, 5.41) is 3.40. The van der Waals surface area contributed by atoms with Gasteiger partial charge in [0.05, 0.1) is 6.61 Å². The zero-order valence-corrected chi connectivity index (χ0v) is 12.0. The molecule has 0 bridgehead atoms. The van der Waals surface area contributed by atoms with Gasteiger partial charge < -0.3 is 15.0 Å². The van der Waals surface area contributed by atoms with Crippen molar-refractivity contribution < 1.29 is 4.74 Å². The molecule has 1 aromatic carbocycles. The van der Waals surface area contributed by atoms with Crippen LogP contribution in [0.1, 0.15) is 43.3 Å². The van der Waals surface area contributed by atoms with Gasteiger partial charge in [0.15, 0.2) is 0 Å². The van der Waals surface area contributed by atoms with Gasteiger partial charge in [-0.2, -0.15) is 0 Å². The molecule has 1 aliphatic heterocycles. The number of nitrogens with zero attached hydrogens (tertiary/aromatic N) is 1. The first kappa shape index (κ1) is 13.2. The van der Waals surface area contributed by atoms with Crippen LogP contribution in [0.2, 0.25) is 0 Å². The van der Waals surface area contributed by atoms with Crippen LogP contribution >= 0.6 is 0 Å². The van der Waals surface area contributed by atoms with E-state index in [4.69, 9.17) is 4.74 Å². The van der Waals surface area contributed by atoms with Gasteiger partial charge >= 0.3 is 0 Å². The van der Waals surface area contributed by atoms with Crippen molar-refractivity contribution in [3.8, 4) is 5.75 Å². The highest BCUT2D eigenvalue weighted by molar-refractivity contribution is 5.40. The van der Waals surface area contributed by atoms with Crippen molar-refractivity contribution in [1.29, 1.82) is 0 Å². The predicted octanol–water partition coefficient (Wildman–Crippen LogP) is 2.82. The molecule has 0 fully saturated rings. The fourth-order valence-corrected chi connectivity index (χ4v) is 2.58. The molecule has 0 saturated carbocycles. The summed E-state index contributed by atoms with van der Waals surface area (Å²) in [5.74, 6) is 2.34. The Hall–Kier alpha value is -1.81. The highest BCUT2D eigenvalue weighted by atomic mass is 16.5. The molecule has 3 rings (SSSR count). The number of fused-ring (bicyclic) bond motifs is 1. The van der Waals surface area contributed by atoms with Gasteiger partial charge in [0.25, 0.3) is 0 Å². The molecule has 106 valence electrons. The summed E-state index contributed by atoms with van der Waals surface area (Å²) in [6, 6.07) is 8.72. The van der Waals surface area contributed by atoms with E-state index in [1.165, 1.54) is 5.56 Å². The van der Waals surface area contributed by atoms with Gasteiger partial charge in [0.1, 0.15) is 11.6 Å². The molecule has 20 heavy (non-hydrogen) atoms. The minimum atomic E-state index is 0.313. The number of rotatable bonds is 4. The number of H-pyrrole nitrogens is 1. The number of nitrogens with one attached hydrogen (secondary N) is 2. The lowest BCUT2D eigenvalue weighted by molar-refractivity contribution is 0.274. The van der Waals surface area contributed by atoms with Gasteiger partial charge in [-0.25, -0.2) is 4.98 Å². The first-order valence-electron chi connectivity index (χ1n) is 7.23. The summed E-state index contributed by atoms with van der Waals surface area (Å²) in [6.45, 7) is 5.87. The van der Waals surface area contributed by atoms with Crippen LogP contribution in [0.25, 0.3) is 0 Å². The topological polar surface area (TPSA) is 49.9 Å². The van der Waals surface area contributed by atoms with Gasteiger partial charge in [-0.15, -0.1) is 0 Å². The normalized spacial score (nSPS) is 17.9. The Bertz CT molecular complexity index is 577. The van der Waals surface area contributed by atoms with E-state index in [1.54, 1.807) is 0 Å². The summed E-state index contributed by atoms with van der Waals surface area (Å²) >= 11 is 0. The number of benzene rings is 1. The highest BCUT2D eigenvalue weighted by Gasteiger charge is 2.24. The van der Waals surface area contributed by atoms with Gasteiger partial charge in [0, 0.05) is 36.0 Å².